The summed E-state index contributed by atoms with van der Waals surface area (Å²) in [4.78, 5) is 25.9. The summed E-state index contributed by atoms with van der Waals surface area (Å²) in [6.07, 6.45) is 51.5. The van der Waals surface area contributed by atoms with E-state index < -0.39 is 18.2 Å². The van der Waals surface area contributed by atoms with Gasteiger partial charge in [-0.1, -0.05) is 191 Å². The zero-order chi connectivity index (χ0) is 40.3. The monoisotopic (exact) mass is 770 g/mol. The fourth-order valence-corrected chi connectivity index (χ4v) is 6.53. The molecule has 0 fully saturated rings. The lowest BCUT2D eigenvalue weighted by atomic mass is 10.0. The smallest absolute Gasteiger partial charge is 0.306 e. The van der Waals surface area contributed by atoms with Gasteiger partial charge in [-0.15, -0.1) is 0 Å². The highest BCUT2D eigenvalue weighted by molar-refractivity contribution is 5.77. The third kappa shape index (κ3) is 38.2. The number of aliphatic hydroxyl groups excluding tert-OH is 2. The lowest BCUT2D eigenvalue weighted by Gasteiger charge is -2.24. The maximum atomic E-state index is 13.1. The number of unbranched alkanes of at least 4 members (excludes halogenated alkanes) is 19. The minimum atomic E-state index is -0.811. The Morgan fingerprint density at radius 3 is 1.58 bits per heavy atom. The molecule has 6 nitrogen and oxygen atoms in total. The molecule has 0 rings (SSSR count). The van der Waals surface area contributed by atoms with Crippen LogP contribution in [0.2, 0.25) is 0 Å². The topological polar surface area (TPSA) is 95.9 Å². The van der Waals surface area contributed by atoms with Crippen molar-refractivity contribution < 1.29 is 24.5 Å². The van der Waals surface area contributed by atoms with Gasteiger partial charge in [-0.3, -0.25) is 9.59 Å². The number of ether oxygens (including phenoxy) is 1. The van der Waals surface area contributed by atoms with Crippen LogP contribution in [-0.4, -0.2) is 46.9 Å². The van der Waals surface area contributed by atoms with Crippen molar-refractivity contribution in [2.45, 2.75) is 232 Å². The first kappa shape index (κ1) is 52.6. The van der Waals surface area contributed by atoms with Crippen LogP contribution in [-0.2, 0) is 14.3 Å². The molecule has 0 radical (unpaired) electrons. The van der Waals surface area contributed by atoms with Crippen molar-refractivity contribution in [3.05, 3.63) is 60.8 Å². The highest BCUT2D eigenvalue weighted by Crippen LogP contribution is 2.15. The maximum Gasteiger partial charge on any atom is 0.306 e. The first-order valence-corrected chi connectivity index (χ1v) is 23.0. The molecule has 3 atom stereocenters. The molecule has 3 unspecified atom stereocenters. The van der Waals surface area contributed by atoms with Crippen LogP contribution in [0.4, 0.5) is 0 Å². The van der Waals surface area contributed by atoms with E-state index >= 15 is 0 Å². The van der Waals surface area contributed by atoms with E-state index in [0.717, 1.165) is 77.0 Å². The van der Waals surface area contributed by atoms with Crippen LogP contribution in [0.25, 0.3) is 0 Å². The minimum absolute atomic E-state index is 0.00300. The van der Waals surface area contributed by atoms with Crippen molar-refractivity contribution in [2.75, 3.05) is 6.61 Å². The van der Waals surface area contributed by atoms with Gasteiger partial charge < -0.3 is 20.3 Å². The second-order valence-electron chi connectivity index (χ2n) is 15.5. The summed E-state index contributed by atoms with van der Waals surface area (Å²) >= 11 is 0. The van der Waals surface area contributed by atoms with Gasteiger partial charge >= 0.3 is 5.97 Å². The molecule has 0 aromatic carbocycles. The van der Waals surface area contributed by atoms with Crippen molar-refractivity contribution in [2.24, 2.45) is 0 Å². The van der Waals surface area contributed by atoms with E-state index in [4.69, 9.17) is 4.74 Å². The molecule has 3 N–H and O–H groups in total. The molecule has 6 heteroatoms. The molecule has 0 aromatic heterocycles. The molecule has 0 heterocycles. The number of esters is 1. The SMILES string of the molecule is CCC/C=C\CCCCCCCC(=O)OC(C/C=C\C/C=C\C/C=C\C/C=C\CCCCC)CC(=O)NC(CO)C(O)CCCCCCCCCCCCC. The number of hydrogen-bond acceptors (Lipinski definition) is 5. The molecule has 0 bridgehead atoms. The fraction of sp³-hybridized carbons (Fsp3) is 0.755. The fourth-order valence-electron chi connectivity index (χ4n) is 6.53. The van der Waals surface area contributed by atoms with Gasteiger partial charge in [0.05, 0.1) is 25.2 Å². The Labute approximate surface area is 339 Å². The summed E-state index contributed by atoms with van der Waals surface area (Å²) in [7, 11) is 0. The molecule has 0 saturated carbocycles. The number of aliphatic hydroxyl groups is 2. The van der Waals surface area contributed by atoms with Gasteiger partial charge in [-0.05, 0) is 64.2 Å². The third-order valence-corrected chi connectivity index (χ3v) is 10.1. The predicted octanol–water partition coefficient (Wildman–Crippen LogP) is 13.3. The molecule has 318 valence electrons. The maximum absolute atomic E-state index is 13.1. The predicted molar refractivity (Wildman–Crippen MR) is 236 cm³/mol. The number of amides is 1. The number of allylic oxidation sites excluding steroid dienone is 9. The summed E-state index contributed by atoms with van der Waals surface area (Å²) in [5, 5.41) is 23.6. The average Bonchev–Trinajstić information content (AvgIpc) is 3.18. The highest BCUT2D eigenvalue weighted by Gasteiger charge is 2.23. The van der Waals surface area contributed by atoms with Crippen molar-refractivity contribution in [1.29, 1.82) is 0 Å². The molecule has 55 heavy (non-hydrogen) atoms. The van der Waals surface area contributed by atoms with Gasteiger partial charge in [0, 0.05) is 12.8 Å². The Morgan fingerprint density at radius 2 is 1.00 bits per heavy atom. The molecular formula is C49H87NO5. The van der Waals surface area contributed by atoms with E-state index in [1.165, 1.54) is 89.9 Å². The van der Waals surface area contributed by atoms with Crippen LogP contribution in [0.3, 0.4) is 0 Å². The van der Waals surface area contributed by atoms with Crippen molar-refractivity contribution in [1.82, 2.24) is 5.32 Å². The lowest BCUT2D eigenvalue weighted by molar-refractivity contribution is -0.150. The normalized spacial score (nSPS) is 13.9. The van der Waals surface area contributed by atoms with E-state index in [1.54, 1.807) is 0 Å². The summed E-state index contributed by atoms with van der Waals surface area (Å²) < 4.78 is 5.82. The Kier molecular flexibility index (Phi) is 40.8. The van der Waals surface area contributed by atoms with Crippen LogP contribution in [0.5, 0.6) is 0 Å². The Morgan fingerprint density at radius 1 is 0.545 bits per heavy atom. The van der Waals surface area contributed by atoms with Crippen LogP contribution in [0.1, 0.15) is 213 Å². The van der Waals surface area contributed by atoms with Crippen molar-refractivity contribution in [3.63, 3.8) is 0 Å². The molecule has 0 aliphatic heterocycles. The third-order valence-electron chi connectivity index (χ3n) is 10.1. The van der Waals surface area contributed by atoms with E-state index in [1.807, 2.05) is 12.2 Å². The minimum Gasteiger partial charge on any atom is -0.461 e. The quantitative estimate of drug-likeness (QED) is 0.0328. The second-order valence-corrected chi connectivity index (χ2v) is 15.5. The summed E-state index contributed by atoms with van der Waals surface area (Å²) in [5.41, 5.74) is 0. The Bertz CT molecular complexity index is 999. The van der Waals surface area contributed by atoms with Crippen molar-refractivity contribution in [3.8, 4) is 0 Å². The molecular weight excluding hydrogens is 683 g/mol. The molecule has 0 aromatic rings. The Balaban J connectivity index is 4.76. The largest absolute Gasteiger partial charge is 0.461 e. The summed E-state index contributed by atoms with van der Waals surface area (Å²) in [6.45, 7) is 6.34. The first-order chi connectivity index (χ1) is 27.0. The van der Waals surface area contributed by atoms with Gasteiger partial charge in [-0.2, -0.15) is 0 Å². The van der Waals surface area contributed by atoms with Crippen molar-refractivity contribution >= 4 is 11.9 Å². The van der Waals surface area contributed by atoms with E-state index in [0.29, 0.717) is 19.3 Å². The number of rotatable bonds is 40. The molecule has 1 amide bonds. The zero-order valence-electron chi connectivity index (χ0n) is 36.0. The van der Waals surface area contributed by atoms with E-state index in [2.05, 4.69) is 74.7 Å². The number of nitrogens with one attached hydrogen (secondary N) is 1. The van der Waals surface area contributed by atoms with Crippen LogP contribution >= 0.6 is 0 Å². The second kappa shape index (κ2) is 42.7. The number of carbonyl (C=O) groups is 2. The van der Waals surface area contributed by atoms with Gasteiger partial charge in [-0.25, -0.2) is 0 Å². The standard InChI is InChI=1S/C49H87NO5/c1-4-7-10-13-16-19-22-23-24-25-27-28-31-34-37-40-45(55-49(54)42-39-36-33-30-21-18-15-12-9-6-3)43-48(53)50-46(44-51)47(52)41-38-35-32-29-26-20-17-14-11-8-5-2/h12,15-16,19,23-24,27-28,34,37,45-47,51-52H,4-11,13-14,17-18,20-22,25-26,29-33,35-36,38-44H2,1-3H3,(H,50,53)/b15-12-,19-16-,24-23-,28-27-,37-34-. The van der Waals surface area contributed by atoms with Crippen LogP contribution in [0.15, 0.2) is 60.8 Å². The first-order valence-electron chi connectivity index (χ1n) is 23.0. The van der Waals surface area contributed by atoms with Crippen LogP contribution < -0.4 is 5.32 Å². The average molecular weight is 770 g/mol. The van der Waals surface area contributed by atoms with E-state index in [9.17, 15) is 19.8 Å². The number of carbonyl (C=O) groups excluding carboxylic acids is 2. The molecule has 0 aliphatic carbocycles. The van der Waals surface area contributed by atoms with Gasteiger partial charge in [0.25, 0.3) is 0 Å². The van der Waals surface area contributed by atoms with Gasteiger partial charge in [0.2, 0.25) is 5.91 Å². The Hall–Kier alpha value is -2.44. The highest BCUT2D eigenvalue weighted by atomic mass is 16.5. The zero-order valence-corrected chi connectivity index (χ0v) is 36.0. The van der Waals surface area contributed by atoms with Gasteiger partial charge in [0.1, 0.15) is 6.10 Å². The molecule has 0 aliphatic rings. The lowest BCUT2D eigenvalue weighted by Crippen LogP contribution is -2.46. The summed E-state index contributed by atoms with van der Waals surface area (Å²) in [6, 6.07) is -0.731. The van der Waals surface area contributed by atoms with E-state index in [-0.39, 0.29) is 24.9 Å². The van der Waals surface area contributed by atoms with Gasteiger partial charge in [0.15, 0.2) is 0 Å². The molecule has 0 saturated heterocycles. The number of hydrogen-bond donors (Lipinski definition) is 3. The van der Waals surface area contributed by atoms with Crippen LogP contribution in [0, 0.1) is 0 Å². The summed E-state index contributed by atoms with van der Waals surface area (Å²) in [5.74, 6) is -0.592. The molecule has 0 spiro atoms.